The van der Waals surface area contributed by atoms with E-state index in [9.17, 15) is 0 Å². The van der Waals surface area contributed by atoms with E-state index in [1.807, 2.05) is 24.3 Å². The quantitative estimate of drug-likeness (QED) is 0.607. The maximum Gasteiger partial charge on any atom is 0.132 e. The first-order valence-electron chi connectivity index (χ1n) is 8.92. The number of morpholine rings is 1. The van der Waals surface area contributed by atoms with Crippen LogP contribution in [0, 0.1) is 0 Å². The minimum atomic E-state index is 0.722. The zero-order valence-corrected chi connectivity index (χ0v) is 14.7. The van der Waals surface area contributed by atoms with E-state index in [2.05, 4.69) is 42.2 Å². The third-order valence-corrected chi connectivity index (χ3v) is 4.81. The Bertz CT molecular complexity index is 1070. The fraction of sp³-hybridized carbons (Fsp3) is 0.200. The van der Waals surface area contributed by atoms with Gasteiger partial charge in [-0.25, -0.2) is 9.97 Å². The normalized spacial score (nSPS) is 14.6. The smallest absolute Gasteiger partial charge is 0.132 e. The highest BCUT2D eigenvalue weighted by molar-refractivity contribution is 5.95. The predicted octanol–water partition coefficient (Wildman–Crippen LogP) is 2.92. The number of ether oxygens (including phenoxy) is 1. The van der Waals surface area contributed by atoms with Gasteiger partial charge < -0.3 is 9.64 Å². The fourth-order valence-electron chi connectivity index (χ4n) is 3.38. The van der Waals surface area contributed by atoms with E-state index in [-0.39, 0.29) is 0 Å². The molecule has 0 spiro atoms. The molecular formula is C20H18N6O. The Labute approximate surface area is 156 Å². The molecule has 0 atom stereocenters. The van der Waals surface area contributed by atoms with Crippen LogP contribution >= 0.6 is 0 Å². The Morgan fingerprint density at radius 2 is 1.78 bits per heavy atom. The van der Waals surface area contributed by atoms with Gasteiger partial charge >= 0.3 is 0 Å². The molecule has 0 amide bonds. The Kier molecular flexibility index (Phi) is 3.99. The lowest BCUT2D eigenvalue weighted by molar-refractivity contribution is 0.122. The summed E-state index contributed by atoms with van der Waals surface area (Å²) in [5.74, 6) is 0.907. The van der Waals surface area contributed by atoms with Crippen LogP contribution in [0.2, 0.25) is 0 Å². The van der Waals surface area contributed by atoms with E-state index in [1.165, 1.54) is 0 Å². The summed E-state index contributed by atoms with van der Waals surface area (Å²) in [6.45, 7) is 3.12. The van der Waals surface area contributed by atoms with Crippen LogP contribution in [0.1, 0.15) is 0 Å². The van der Waals surface area contributed by atoms with Gasteiger partial charge in [0.2, 0.25) is 0 Å². The number of benzene rings is 1. The minimum Gasteiger partial charge on any atom is -0.378 e. The van der Waals surface area contributed by atoms with Crippen LogP contribution in [-0.4, -0.2) is 51.5 Å². The molecule has 4 heterocycles. The summed E-state index contributed by atoms with van der Waals surface area (Å²) in [6.07, 6.45) is 5.21. The summed E-state index contributed by atoms with van der Waals surface area (Å²) in [5.41, 5.74) is 4.86. The number of H-pyrrole nitrogens is 1. The van der Waals surface area contributed by atoms with Gasteiger partial charge in [-0.1, -0.05) is 6.07 Å². The highest BCUT2D eigenvalue weighted by Gasteiger charge is 2.16. The molecule has 27 heavy (non-hydrogen) atoms. The van der Waals surface area contributed by atoms with Gasteiger partial charge in [-0.15, -0.1) is 0 Å². The topological polar surface area (TPSA) is 79.8 Å². The van der Waals surface area contributed by atoms with Gasteiger partial charge in [-0.2, -0.15) is 5.10 Å². The first-order chi connectivity index (χ1) is 13.4. The Morgan fingerprint density at radius 3 is 2.63 bits per heavy atom. The summed E-state index contributed by atoms with van der Waals surface area (Å²) in [6, 6.07) is 12.3. The van der Waals surface area contributed by atoms with Crippen LogP contribution in [0.3, 0.4) is 0 Å². The number of aromatic amines is 1. The highest BCUT2D eigenvalue weighted by atomic mass is 16.5. The number of anilines is 1. The zero-order valence-electron chi connectivity index (χ0n) is 14.7. The van der Waals surface area contributed by atoms with E-state index >= 15 is 0 Å². The number of nitrogens with zero attached hydrogens (tertiary/aromatic N) is 5. The predicted molar refractivity (Wildman–Crippen MR) is 103 cm³/mol. The van der Waals surface area contributed by atoms with Gasteiger partial charge in [0.1, 0.15) is 17.8 Å². The van der Waals surface area contributed by atoms with E-state index in [4.69, 9.17) is 4.74 Å². The van der Waals surface area contributed by atoms with Crippen LogP contribution in [-0.2, 0) is 4.74 Å². The molecule has 1 N–H and O–H groups in total. The maximum absolute atomic E-state index is 5.43. The first-order valence-corrected chi connectivity index (χ1v) is 8.92. The van der Waals surface area contributed by atoms with Gasteiger partial charge in [0, 0.05) is 36.9 Å². The van der Waals surface area contributed by atoms with Gasteiger partial charge in [-0.05, 0) is 35.4 Å². The summed E-state index contributed by atoms with van der Waals surface area (Å²) < 4.78 is 5.43. The molecule has 1 fully saturated rings. The summed E-state index contributed by atoms with van der Waals surface area (Å²) in [4.78, 5) is 15.2. The van der Waals surface area contributed by atoms with Crippen molar-refractivity contribution in [3.05, 3.63) is 55.1 Å². The van der Waals surface area contributed by atoms with Gasteiger partial charge in [0.25, 0.3) is 0 Å². The molecule has 1 saturated heterocycles. The number of fused-ring (bicyclic) bond motifs is 1. The largest absolute Gasteiger partial charge is 0.378 e. The van der Waals surface area contributed by atoms with Crippen molar-refractivity contribution in [3.8, 4) is 22.5 Å². The number of hydrogen-bond acceptors (Lipinski definition) is 6. The van der Waals surface area contributed by atoms with Crippen molar-refractivity contribution in [2.75, 3.05) is 31.2 Å². The summed E-state index contributed by atoms with van der Waals surface area (Å²) in [7, 11) is 0. The molecule has 7 heteroatoms. The molecule has 1 aliphatic heterocycles. The van der Waals surface area contributed by atoms with Crippen LogP contribution < -0.4 is 4.90 Å². The van der Waals surface area contributed by atoms with E-state index in [0.717, 1.165) is 65.5 Å². The van der Waals surface area contributed by atoms with Gasteiger partial charge in [-0.3, -0.25) is 10.1 Å². The Hall–Kier alpha value is -3.32. The first kappa shape index (κ1) is 15.9. The molecule has 0 aliphatic carbocycles. The van der Waals surface area contributed by atoms with Crippen molar-refractivity contribution < 1.29 is 4.74 Å². The van der Waals surface area contributed by atoms with E-state index < -0.39 is 0 Å². The number of hydrogen-bond donors (Lipinski definition) is 1. The molecule has 3 aromatic heterocycles. The summed E-state index contributed by atoms with van der Waals surface area (Å²) in [5, 5.41) is 8.66. The zero-order chi connectivity index (χ0) is 18.1. The fourth-order valence-corrected chi connectivity index (χ4v) is 3.38. The molecule has 0 bridgehead atoms. The van der Waals surface area contributed by atoms with Crippen molar-refractivity contribution >= 4 is 16.7 Å². The Morgan fingerprint density at radius 1 is 0.926 bits per heavy atom. The monoisotopic (exact) mass is 358 g/mol. The second-order valence-electron chi connectivity index (χ2n) is 6.43. The average molecular weight is 358 g/mol. The second kappa shape index (κ2) is 6.77. The lowest BCUT2D eigenvalue weighted by atomic mass is 10.0. The number of nitrogens with one attached hydrogen (secondary N) is 1. The molecule has 5 rings (SSSR count). The molecule has 0 saturated carbocycles. The molecule has 4 aromatic rings. The van der Waals surface area contributed by atoms with Crippen molar-refractivity contribution in [1.82, 2.24) is 25.1 Å². The van der Waals surface area contributed by atoms with E-state index in [1.54, 1.807) is 18.7 Å². The van der Waals surface area contributed by atoms with Crippen LogP contribution in [0.4, 0.5) is 5.82 Å². The molecule has 0 unspecified atom stereocenters. The molecule has 7 nitrogen and oxygen atoms in total. The van der Waals surface area contributed by atoms with Crippen molar-refractivity contribution in [3.63, 3.8) is 0 Å². The number of aromatic nitrogens is 5. The third kappa shape index (κ3) is 3.02. The minimum absolute atomic E-state index is 0.722. The van der Waals surface area contributed by atoms with Crippen molar-refractivity contribution in [1.29, 1.82) is 0 Å². The second-order valence-corrected chi connectivity index (χ2v) is 6.43. The van der Waals surface area contributed by atoms with Gasteiger partial charge in [0.15, 0.2) is 0 Å². The summed E-state index contributed by atoms with van der Waals surface area (Å²) >= 11 is 0. The van der Waals surface area contributed by atoms with Crippen molar-refractivity contribution in [2.24, 2.45) is 0 Å². The van der Waals surface area contributed by atoms with Gasteiger partial charge in [0.05, 0.1) is 24.4 Å². The molecule has 0 radical (unpaired) electrons. The molecule has 1 aromatic carbocycles. The number of pyridine rings is 1. The SMILES string of the molecule is c1cc(-c2ccc3[nH]nc(-c4cc(N5CCOCC5)ncn4)c3c2)ccn1. The van der Waals surface area contributed by atoms with Crippen LogP contribution in [0.5, 0.6) is 0 Å². The maximum atomic E-state index is 5.43. The highest BCUT2D eigenvalue weighted by Crippen LogP contribution is 2.30. The number of rotatable bonds is 3. The molecular weight excluding hydrogens is 340 g/mol. The standard InChI is InChI=1S/C20H18N6O/c1-2-17-16(11-15(1)14-3-5-21-6-4-14)20(25-24-17)18-12-19(23-13-22-18)26-7-9-27-10-8-26/h1-6,11-13H,7-10H2,(H,24,25). The average Bonchev–Trinajstić information content (AvgIpc) is 3.18. The van der Waals surface area contributed by atoms with Crippen molar-refractivity contribution in [2.45, 2.75) is 0 Å². The lowest BCUT2D eigenvalue weighted by Crippen LogP contribution is -2.36. The van der Waals surface area contributed by atoms with Crippen LogP contribution in [0.15, 0.2) is 55.1 Å². The third-order valence-electron chi connectivity index (χ3n) is 4.81. The molecule has 134 valence electrons. The molecule has 1 aliphatic rings. The van der Waals surface area contributed by atoms with Crippen LogP contribution in [0.25, 0.3) is 33.4 Å². The lowest BCUT2D eigenvalue weighted by Gasteiger charge is -2.27. The Balaban J connectivity index is 1.57. The van der Waals surface area contributed by atoms with E-state index in [0.29, 0.717) is 0 Å².